The predicted molar refractivity (Wildman–Crippen MR) is 120 cm³/mol. The molecule has 0 aliphatic heterocycles. The van der Waals surface area contributed by atoms with Crippen molar-refractivity contribution in [3.8, 4) is 0 Å². The molecule has 0 bridgehead atoms. The third kappa shape index (κ3) is 9.40. The van der Waals surface area contributed by atoms with E-state index in [0.29, 0.717) is 19.3 Å². The van der Waals surface area contributed by atoms with Gasteiger partial charge in [0.2, 0.25) is 0 Å². The van der Waals surface area contributed by atoms with Crippen LogP contribution in [0.1, 0.15) is 73.8 Å². The molecule has 1 aromatic rings. The maximum Gasteiger partial charge on any atom is 0.429 e. The molecule has 1 N–H and O–H groups in total. The van der Waals surface area contributed by atoms with Gasteiger partial charge in [-0.15, -0.1) is 0 Å². The number of rotatable bonds is 7. The van der Waals surface area contributed by atoms with E-state index in [1.807, 2.05) is 37.3 Å². The van der Waals surface area contributed by atoms with Crippen LogP contribution in [0.15, 0.2) is 30.3 Å². The summed E-state index contributed by atoms with van der Waals surface area (Å²) in [5, 5.41) is 0.981. The van der Waals surface area contributed by atoms with Gasteiger partial charge in [0.25, 0.3) is 0 Å². The first-order chi connectivity index (χ1) is 14.3. The van der Waals surface area contributed by atoms with Crippen molar-refractivity contribution in [1.29, 1.82) is 0 Å². The van der Waals surface area contributed by atoms with E-state index < -0.39 is 29.4 Å². The second-order valence-corrected chi connectivity index (χ2v) is 9.59. The molecule has 0 saturated heterocycles. The third-order valence-electron chi connectivity index (χ3n) is 4.45. The van der Waals surface area contributed by atoms with Crippen LogP contribution in [-0.4, -0.2) is 40.2 Å². The Labute approximate surface area is 186 Å². The van der Waals surface area contributed by atoms with Crippen LogP contribution in [-0.2, 0) is 20.7 Å². The Bertz CT molecular complexity index is 735. The summed E-state index contributed by atoms with van der Waals surface area (Å²) in [5.41, 5.74) is 1.94. The fourth-order valence-electron chi connectivity index (χ4n) is 3.09. The summed E-state index contributed by atoms with van der Waals surface area (Å²) in [6.45, 7) is 14.1. The van der Waals surface area contributed by atoms with Gasteiger partial charge in [0.05, 0.1) is 0 Å². The van der Waals surface area contributed by atoms with Crippen molar-refractivity contribution in [2.75, 3.05) is 0 Å². The van der Waals surface area contributed by atoms with Crippen LogP contribution in [0.5, 0.6) is 0 Å². The average molecular weight is 435 g/mol. The first kappa shape index (κ1) is 26.5. The minimum Gasteiger partial charge on any atom is -0.443 e. The largest absolute Gasteiger partial charge is 0.443 e. The summed E-state index contributed by atoms with van der Waals surface area (Å²) in [6, 6.07) is 8.86. The Morgan fingerprint density at radius 3 is 1.90 bits per heavy atom. The fourth-order valence-corrected chi connectivity index (χ4v) is 3.09. The molecule has 1 rings (SSSR count). The van der Waals surface area contributed by atoms with Crippen molar-refractivity contribution >= 4 is 18.0 Å². The number of nitrogens with zero attached hydrogens (tertiary/aromatic N) is 1. The Kier molecular flexibility index (Phi) is 9.53. The van der Waals surface area contributed by atoms with E-state index in [9.17, 15) is 14.4 Å². The van der Waals surface area contributed by atoms with Gasteiger partial charge in [0.1, 0.15) is 17.2 Å². The van der Waals surface area contributed by atoms with Crippen LogP contribution < -0.4 is 5.43 Å². The fraction of sp³-hybridized carbons (Fsp3) is 0.625. The highest BCUT2D eigenvalue weighted by Gasteiger charge is 2.37. The van der Waals surface area contributed by atoms with Crippen molar-refractivity contribution < 1.29 is 23.9 Å². The van der Waals surface area contributed by atoms with E-state index in [2.05, 4.69) is 5.43 Å². The topological polar surface area (TPSA) is 84.9 Å². The monoisotopic (exact) mass is 434 g/mol. The second kappa shape index (κ2) is 11.2. The van der Waals surface area contributed by atoms with Crippen molar-refractivity contribution in [3.63, 3.8) is 0 Å². The zero-order chi connectivity index (χ0) is 23.8. The number of hydrazine groups is 1. The molecule has 7 heteroatoms. The molecule has 31 heavy (non-hydrogen) atoms. The van der Waals surface area contributed by atoms with Crippen molar-refractivity contribution in [2.24, 2.45) is 5.92 Å². The molecule has 0 spiro atoms. The van der Waals surface area contributed by atoms with Crippen LogP contribution in [0.3, 0.4) is 0 Å². The van der Waals surface area contributed by atoms with Crippen LogP contribution in [0.25, 0.3) is 0 Å². The standard InChI is InChI=1S/C24H38N2O5/c1-9-18(16-17-14-12-11-13-15-17)20(27)19(10-2)26(22(29)31-24(6,7)8)25-21(28)30-23(3,4)5/h11-15,18-19H,9-10,16H2,1-8H3,(H,25,28). The highest BCUT2D eigenvalue weighted by atomic mass is 16.6. The highest BCUT2D eigenvalue weighted by Crippen LogP contribution is 2.21. The number of nitrogens with one attached hydrogen (secondary N) is 1. The smallest absolute Gasteiger partial charge is 0.429 e. The summed E-state index contributed by atoms with van der Waals surface area (Å²) in [4.78, 5) is 38.8. The van der Waals surface area contributed by atoms with E-state index in [1.165, 1.54) is 0 Å². The molecule has 0 aliphatic rings. The van der Waals surface area contributed by atoms with Crippen LogP contribution in [0, 0.1) is 5.92 Å². The lowest BCUT2D eigenvalue weighted by Crippen LogP contribution is -2.57. The first-order valence-corrected chi connectivity index (χ1v) is 10.9. The molecule has 0 heterocycles. The van der Waals surface area contributed by atoms with Gasteiger partial charge in [-0.25, -0.2) is 20.0 Å². The lowest BCUT2D eigenvalue weighted by molar-refractivity contribution is -0.129. The molecule has 2 unspecified atom stereocenters. The van der Waals surface area contributed by atoms with E-state index in [0.717, 1.165) is 10.6 Å². The van der Waals surface area contributed by atoms with Gasteiger partial charge in [-0.1, -0.05) is 44.2 Å². The minimum absolute atomic E-state index is 0.129. The molecule has 2 amide bonds. The number of ketones is 1. The Morgan fingerprint density at radius 2 is 1.45 bits per heavy atom. The molecule has 0 radical (unpaired) electrons. The molecular formula is C24H38N2O5. The molecule has 0 aliphatic carbocycles. The SMILES string of the molecule is CCC(Cc1ccccc1)C(=O)C(CC)N(NC(=O)OC(C)(C)C)C(=O)OC(C)(C)C. The van der Waals surface area contributed by atoms with E-state index in [1.54, 1.807) is 48.5 Å². The van der Waals surface area contributed by atoms with Gasteiger partial charge < -0.3 is 9.47 Å². The molecule has 1 aromatic carbocycles. The lowest BCUT2D eigenvalue weighted by Gasteiger charge is -2.34. The summed E-state index contributed by atoms with van der Waals surface area (Å²) < 4.78 is 10.8. The van der Waals surface area contributed by atoms with Gasteiger partial charge in [-0.05, 0) is 66.4 Å². The number of hydrogen-bond donors (Lipinski definition) is 1. The number of ether oxygens (including phenoxy) is 2. The van der Waals surface area contributed by atoms with Crippen molar-refractivity contribution in [3.05, 3.63) is 35.9 Å². The number of hydrogen-bond acceptors (Lipinski definition) is 5. The third-order valence-corrected chi connectivity index (χ3v) is 4.45. The zero-order valence-electron chi connectivity index (χ0n) is 20.2. The summed E-state index contributed by atoms with van der Waals surface area (Å²) >= 11 is 0. The highest BCUT2D eigenvalue weighted by molar-refractivity contribution is 5.90. The van der Waals surface area contributed by atoms with Gasteiger partial charge in [0, 0.05) is 5.92 Å². The van der Waals surface area contributed by atoms with Crippen molar-refractivity contribution in [1.82, 2.24) is 10.4 Å². The molecule has 0 aromatic heterocycles. The predicted octanol–water partition coefficient (Wildman–Crippen LogP) is 5.28. The average Bonchev–Trinajstić information content (AvgIpc) is 2.63. The number of carbonyl (C=O) groups excluding carboxylic acids is 3. The molecule has 174 valence electrons. The van der Waals surface area contributed by atoms with Crippen LogP contribution in [0.2, 0.25) is 0 Å². The van der Waals surface area contributed by atoms with Gasteiger partial charge in [0.15, 0.2) is 5.78 Å². The quantitative estimate of drug-likeness (QED) is 0.590. The molecule has 7 nitrogen and oxygen atoms in total. The van der Waals surface area contributed by atoms with Crippen LogP contribution in [0.4, 0.5) is 9.59 Å². The van der Waals surface area contributed by atoms with Gasteiger partial charge in [-0.3, -0.25) is 4.79 Å². The van der Waals surface area contributed by atoms with E-state index >= 15 is 0 Å². The van der Waals surface area contributed by atoms with E-state index in [4.69, 9.17) is 9.47 Å². The first-order valence-electron chi connectivity index (χ1n) is 10.9. The zero-order valence-corrected chi connectivity index (χ0v) is 20.2. The molecule has 0 saturated carbocycles. The van der Waals surface area contributed by atoms with Gasteiger partial charge in [-0.2, -0.15) is 0 Å². The number of amides is 2. The second-order valence-electron chi connectivity index (χ2n) is 9.59. The summed E-state index contributed by atoms with van der Waals surface area (Å²) in [7, 11) is 0. The lowest BCUT2D eigenvalue weighted by atomic mass is 9.88. The molecular weight excluding hydrogens is 396 g/mol. The summed E-state index contributed by atoms with van der Waals surface area (Å²) in [6.07, 6.45) is -0.131. The molecule has 0 fully saturated rings. The minimum atomic E-state index is -0.879. The Hall–Kier alpha value is -2.57. The van der Waals surface area contributed by atoms with Gasteiger partial charge >= 0.3 is 12.2 Å². The maximum atomic E-state index is 13.4. The van der Waals surface area contributed by atoms with Crippen LogP contribution >= 0.6 is 0 Å². The normalized spacial score (nSPS) is 13.7. The Balaban J connectivity index is 3.15. The maximum absolute atomic E-state index is 13.4. The van der Waals surface area contributed by atoms with E-state index in [-0.39, 0.29) is 11.7 Å². The number of carbonyl (C=O) groups is 3. The number of Topliss-reactive ketones (excluding diaryl/α,β-unsaturated/α-hetero) is 1. The summed E-state index contributed by atoms with van der Waals surface area (Å²) in [5.74, 6) is -0.437. The molecule has 2 atom stereocenters. The van der Waals surface area contributed by atoms with Crippen molar-refractivity contribution in [2.45, 2.75) is 91.9 Å². The Morgan fingerprint density at radius 1 is 0.903 bits per heavy atom. The number of benzene rings is 1.